The lowest BCUT2D eigenvalue weighted by Crippen LogP contribution is -2.14. The Labute approximate surface area is 112 Å². The number of fused-ring (bicyclic) bond motifs is 1. The van der Waals surface area contributed by atoms with Crippen LogP contribution in [0.25, 0.3) is 0 Å². The zero-order chi connectivity index (χ0) is 12.5. The van der Waals surface area contributed by atoms with Gasteiger partial charge in [0.05, 0.1) is 5.71 Å². The Hall–Kier alpha value is -1.37. The van der Waals surface area contributed by atoms with Crippen LogP contribution in [0, 0.1) is 0 Å². The maximum absolute atomic E-state index is 9.16. The van der Waals surface area contributed by atoms with Crippen molar-refractivity contribution in [2.75, 3.05) is 5.75 Å². The van der Waals surface area contributed by atoms with Crippen LogP contribution in [-0.4, -0.2) is 31.4 Å². The molecule has 0 amide bonds. The van der Waals surface area contributed by atoms with E-state index in [2.05, 4.69) is 15.3 Å². The number of nitrogens with zero attached hydrogens (tertiary/aromatic N) is 4. The summed E-state index contributed by atoms with van der Waals surface area (Å²) in [5, 5.41) is 22.9. The molecule has 3 rings (SSSR count). The van der Waals surface area contributed by atoms with E-state index in [0.29, 0.717) is 16.0 Å². The SMILES string of the molecule is OCc1nnc2n1N=C(c1ccc(Cl)cc1)CS2. The third kappa shape index (κ3) is 2.03. The monoisotopic (exact) mass is 280 g/mol. The van der Waals surface area contributed by atoms with Crippen molar-refractivity contribution in [1.82, 2.24) is 14.9 Å². The highest BCUT2D eigenvalue weighted by atomic mass is 35.5. The Morgan fingerprint density at radius 2 is 2.06 bits per heavy atom. The Kier molecular flexibility index (Phi) is 3.07. The van der Waals surface area contributed by atoms with Gasteiger partial charge in [0.15, 0.2) is 5.82 Å². The molecule has 2 aromatic rings. The Morgan fingerprint density at radius 3 is 2.78 bits per heavy atom. The second-order valence-corrected chi connectivity index (χ2v) is 5.09. The maximum atomic E-state index is 9.16. The summed E-state index contributed by atoms with van der Waals surface area (Å²) >= 11 is 7.41. The first-order valence-electron chi connectivity index (χ1n) is 5.29. The third-order valence-corrected chi connectivity index (χ3v) is 3.74. The van der Waals surface area contributed by atoms with Gasteiger partial charge in [-0.2, -0.15) is 9.78 Å². The van der Waals surface area contributed by atoms with Crippen LogP contribution in [0.1, 0.15) is 11.4 Å². The number of aliphatic hydroxyl groups is 1. The van der Waals surface area contributed by atoms with Gasteiger partial charge in [-0.15, -0.1) is 10.2 Å². The minimum atomic E-state index is -0.176. The van der Waals surface area contributed by atoms with E-state index in [0.717, 1.165) is 17.0 Å². The van der Waals surface area contributed by atoms with Crippen LogP contribution in [0.5, 0.6) is 0 Å². The number of aromatic nitrogens is 3. The largest absolute Gasteiger partial charge is 0.388 e. The van der Waals surface area contributed by atoms with Gasteiger partial charge in [0, 0.05) is 10.8 Å². The number of benzene rings is 1. The molecule has 2 heterocycles. The van der Waals surface area contributed by atoms with Crippen molar-refractivity contribution in [2.24, 2.45) is 5.10 Å². The van der Waals surface area contributed by atoms with Gasteiger partial charge in [-0.1, -0.05) is 35.5 Å². The van der Waals surface area contributed by atoms with Crippen LogP contribution >= 0.6 is 23.4 Å². The van der Waals surface area contributed by atoms with Gasteiger partial charge in [-0.3, -0.25) is 0 Å². The highest BCUT2D eigenvalue weighted by molar-refractivity contribution is 7.99. The predicted octanol–water partition coefficient (Wildman–Crippen LogP) is 1.78. The minimum absolute atomic E-state index is 0.176. The molecule has 1 aromatic carbocycles. The lowest BCUT2D eigenvalue weighted by Gasteiger charge is -2.13. The molecule has 0 aliphatic carbocycles. The molecular weight excluding hydrogens is 272 g/mol. The average Bonchev–Trinajstić information content (AvgIpc) is 2.81. The molecule has 0 atom stereocenters. The second kappa shape index (κ2) is 4.72. The van der Waals surface area contributed by atoms with Crippen molar-refractivity contribution < 1.29 is 5.11 Å². The molecule has 0 radical (unpaired) electrons. The summed E-state index contributed by atoms with van der Waals surface area (Å²) in [5.74, 6) is 1.18. The number of thioether (sulfide) groups is 1. The number of rotatable bonds is 2. The van der Waals surface area contributed by atoms with Gasteiger partial charge >= 0.3 is 0 Å². The van der Waals surface area contributed by atoms with E-state index in [1.54, 1.807) is 16.4 Å². The fourth-order valence-electron chi connectivity index (χ4n) is 1.65. The summed E-state index contributed by atoms with van der Waals surface area (Å²) in [6, 6.07) is 7.52. The van der Waals surface area contributed by atoms with E-state index in [-0.39, 0.29) is 6.61 Å². The molecule has 0 spiro atoms. The normalized spacial score (nSPS) is 14.2. The topological polar surface area (TPSA) is 63.3 Å². The predicted molar refractivity (Wildman–Crippen MR) is 70.1 cm³/mol. The molecule has 0 saturated carbocycles. The number of hydrogen-bond donors (Lipinski definition) is 1. The average molecular weight is 281 g/mol. The fourth-order valence-corrected chi connectivity index (χ4v) is 2.63. The molecule has 0 saturated heterocycles. The molecule has 7 heteroatoms. The molecule has 1 aromatic heterocycles. The number of halogens is 1. The zero-order valence-electron chi connectivity index (χ0n) is 9.25. The van der Waals surface area contributed by atoms with Crippen LogP contribution in [-0.2, 0) is 6.61 Å². The summed E-state index contributed by atoms with van der Waals surface area (Å²) in [6.45, 7) is -0.176. The van der Waals surface area contributed by atoms with Crippen LogP contribution < -0.4 is 0 Å². The highest BCUT2D eigenvalue weighted by Gasteiger charge is 2.19. The highest BCUT2D eigenvalue weighted by Crippen LogP contribution is 2.24. The lowest BCUT2D eigenvalue weighted by atomic mass is 10.1. The fraction of sp³-hybridized carbons (Fsp3) is 0.182. The van der Waals surface area contributed by atoms with E-state index < -0.39 is 0 Å². The maximum Gasteiger partial charge on any atom is 0.212 e. The Morgan fingerprint density at radius 1 is 1.28 bits per heavy atom. The summed E-state index contributed by atoms with van der Waals surface area (Å²) < 4.78 is 1.58. The van der Waals surface area contributed by atoms with Crippen molar-refractivity contribution in [3.05, 3.63) is 40.7 Å². The van der Waals surface area contributed by atoms with Crippen molar-refractivity contribution in [2.45, 2.75) is 11.8 Å². The molecule has 0 bridgehead atoms. The Balaban J connectivity index is 2.02. The molecule has 18 heavy (non-hydrogen) atoms. The third-order valence-electron chi connectivity index (χ3n) is 2.55. The minimum Gasteiger partial charge on any atom is -0.388 e. The first kappa shape index (κ1) is 11.7. The van der Waals surface area contributed by atoms with Crippen LogP contribution in [0.2, 0.25) is 5.02 Å². The molecule has 0 fully saturated rings. The Bertz CT molecular complexity index is 608. The number of aliphatic hydroxyl groups excluding tert-OH is 1. The molecule has 92 valence electrons. The molecule has 1 aliphatic rings. The molecule has 1 N–H and O–H groups in total. The standard InChI is InChI=1S/C11H9ClN4OS/c12-8-3-1-7(2-4-8)9-6-18-11-14-13-10(5-17)16(11)15-9/h1-4,17H,5-6H2. The van der Waals surface area contributed by atoms with Crippen molar-refractivity contribution in [3.8, 4) is 0 Å². The summed E-state index contributed by atoms with van der Waals surface area (Å²) in [7, 11) is 0. The summed E-state index contributed by atoms with van der Waals surface area (Å²) in [6.07, 6.45) is 0. The molecule has 5 nitrogen and oxygen atoms in total. The second-order valence-electron chi connectivity index (χ2n) is 3.71. The smallest absolute Gasteiger partial charge is 0.212 e. The quantitative estimate of drug-likeness (QED) is 0.911. The molecule has 1 aliphatic heterocycles. The van der Waals surface area contributed by atoms with Crippen molar-refractivity contribution >= 4 is 29.1 Å². The van der Waals surface area contributed by atoms with Crippen molar-refractivity contribution in [1.29, 1.82) is 0 Å². The van der Waals surface area contributed by atoms with E-state index in [4.69, 9.17) is 16.7 Å². The van der Waals surface area contributed by atoms with Crippen LogP contribution in [0.3, 0.4) is 0 Å². The van der Waals surface area contributed by atoms with Gasteiger partial charge < -0.3 is 5.11 Å². The van der Waals surface area contributed by atoms with Gasteiger partial charge in [0.1, 0.15) is 6.61 Å². The first-order valence-corrected chi connectivity index (χ1v) is 6.66. The first-order chi connectivity index (χ1) is 8.78. The van der Waals surface area contributed by atoms with Crippen LogP contribution in [0.4, 0.5) is 0 Å². The van der Waals surface area contributed by atoms with E-state index >= 15 is 0 Å². The van der Waals surface area contributed by atoms with E-state index in [1.165, 1.54) is 0 Å². The van der Waals surface area contributed by atoms with Gasteiger partial charge in [0.2, 0.25) is 5.16 Å². The summed E-state index contributed by atoms with van der Waals surface area (Å²) in [5.41, 5.74) is 1.92. The van der Waals surface area contributed by atoms with Crippen molar-refractivity contribution in [3.63, 3.8) is 0 Å². The molecule has 0 unspecified atom stereocenters. The molecular formula is C11H9ClN4OS. The van der Waals surface area contributed by atoms with E-state index in [9.17, 15) is 0 Å². The van der Waals surface area contributed by atoms with Crippen LogP contribution in [0.15, 0.2) is 34.5 Å². The van der Waals surface area contributed by atoms with Gasteiger partial charge in [-0.25, -0.2) is 0 Å². The van der Waals surface area contributed by atoms with Gasteiger partial charge in [0.25, 0.3) is 0 Å². The summed E-state index contributed by atoms with van der Waals surface area (Å²) in [4.78, 5) is 0. The van der Waals surface area contributed by atoms with E-state index in [1.807, 2.05) is 24.3 Å². The lowest BCUT2D eigenvalue weighted by molar-refractivity contribution is 0.265. The van der Waals surface area contributed by atoms with Gasteiger partial charge in [-0.05, 0) is 17.7 Å². The number of hydrogen-bond acceptors (Lipinski definition) is 5. The zero-order valence-corrected chi connectivity index (χ0v) is 10.8.